The Hall–Kier alpha value is -1.55. The van der Waals surface area contributed by atoms with Crippen molar-refractivity contribution >= 4 is 28.9 Å². The van der Waals surface area contributed by atoms with E-state index in [0.29, 0.717) is 6.04 Å². The van der Waals surface area contributed by atoms with Crippen LogP contribution in [0.25, 0.3) is 6.08 Å². The molecule has 21 heavy (non-hydrogen) atoms. The number of carbonyl (C=O) groups excluding carboxylic acids is 1. The molecule has 2 aliphatic heterocycles. The van der Waals surface area contributed by atoms with Crippen LogP contribution < -0.4 is 0 Å². The van der Waals surface area contributed by atoms with Gasteiger partial charge in [-0.3, -0.25) is 4.79 Å². The van der Waals surface area contributed by atoms with Crippen LogP contribution in [-0.2, 0) is 4.79 Å². The van der Waals surface area contributed by atoms with Gasteiger partial charge in [0.25, 0.3) is 5.91 Å². The zero-order valence-corrected chi connectivity index (χ0v) is 13.3. The zero-order chi connectivity index (χ0) is 14.8. The molecule has 1 amide bonds. The van der Waals surface area contributed by atoms with E-state index < -0.39 is 0 Å². The average molecular weight is 300 g/mol. The first-order valence-corrected chi connectivity index (χ1v) is 8.31. The fourth-order valence-corrected chi connectivity index (χ4v) is 3.76. The summed E-state index contributed by atoms with van der Waals surface area (Å²) in [5, 5.41) is 0.880. The number of nitrogens with zero attached hydrogens (tertiary/aromatic N) is 2. The molecule has 1 aromatic rings. The quantitative estimate of drug-likeness (QED) is 0.739. The van der Waals surface area contributed by atoms with E-state index >= 15 is 0 Å². The summed E-state index contributed by atoms with van der Waals surface area (Å²) in [5.74, 6) is -0.103. The SMILES string of the molecule is Cc1ccc(/C=C2\SC(N3CCCC[C@H]3C)=NC2=O)cc1. The lowest BCUT2D eigenvalue weighted by Crippen LogP contribution is -2.40. The summed E-state index contributed by atoms with van der Waals surface area (Å²) in [6.07, 6.45) is 5.59. The molecular formula is C17H20N2OS. The molecule has 2 aliphatic rings. The Morgan fingerprint density at radius 3 is 2.76 bits per heavy atom. The molecule has 1 atom stereocenters. The number of benzene rings is 1. The Balaban J connectivity index is 1.76. The monoisotopic (exact) mass is 300 g/mol. The minimum Gasteiger partial charge on any atom is -0.348 e. The Bertz CT molecular complexity index is 604. The molecule has 110 valence electrons. The first-order valence-electron chi connectivity index (χ1n) is 7.49. The van der Waals surface area contributed by atoms with Gasteiger partial charge in [0.15, 0.2) is 5.17 Å². The number of amidine groups is 1. The van der Waals surface area contributed by atoms with Crippen molar-refractivity contribution in [2.75, 3.05) is 6.54 Å². The van der Waals surface area contributed by atoms with Gasteiger partial charge in [-0.2, -0.15) is 4.99 Å². The van der Waals surface area contributed by atoms with Gasteiger partial charge in [0.1, 0.15) is 0 Å². The molecule has 0 spiro atoms. The van der Waals surface area contributed by atoms with Crippen molar-refractivity contribution in [1.29, 1.82) is 0 Å². The van der Waals surface area contributed by atoms with Crippen LogP contribution in [0.1, 0.15) is 37.3 Å². The van der Waals surface area contributed by atoms with Crippen LogP contribution >= 0.6 is 11.8 Å². The molecule has 1 fully saturated rings. The van der Waals surface area contributed by atoms with E-state index in [1.165, 1.54) is 36.6 Å². The number of aryl methyl sites for hydroxylation is 1. The van der Waals surface area contributed by atoms with Crippen molar-refractivity contribution in [3.63, 3.8) is 0 Å². The minimum atomic E-state index is -0.103. The molecular weight excluding hydrogens is 280 g/mol. The molecule has 1 saturated heterocycles. The number of thioether (sulfide) groups is 1. The van der Waals surface area contributed by atoms with E-state index in [1.54, 1.807) is 0 Å². The van der Waals surface area contributed by atoms with Gasteiger partial charge in [-0.25, -0.2) is 0 Å². The van der Waals surface area contributed by atoms with Crippen LogP contribution in [0.15, 0.2) is 34.2 Å². The lowest BCUT2D eigenvalue weighted by molar-refractivity contribution is -0.113. The van der Waals surface area contributed by atoms with Crippen molar-refractivity contribution in [2.45, 2.75) is 39.2 Å². The lowest BCUT2D eigenvalue weighted by atomic mass is 10.1. The van der Waals surface area contributed by atoms with Gasteiger partial charge >= 0.3 is 0 Å². The first-order chi connectivity index (χ1) is 10.1. The van der Waals surface area contributed by atoms with Crippen LogP contribution in [0.5, 0.6) is 0 Å². The first kappa shape index (κ1) is 14.4. The molecule has 0 saturated carbocycles. The summed E-state index contributed by atoms with van der Waals surface area (Å²) in [4.78, 5) is 19.4. The highest BCUT2D eigenvalue weighted by Gasteiger charge is 2.29. The van der Waals surface area contributed by atoms with E-state index in [9.17, 15) is 4.79 Å². The van der Waals surface area contributed by atoms with Crippen LogP contribution in [-0.4, -0.2) is 28.6 Å². The Labute approximate surface area is 130 Å². The van der Waals surface area contributed by atoms with Crippen molar-refractivity contribution in [3.05, 3.63) is 40.3 Å². The zero-order valence-electron chi connectivity index (χ0n) is 12.5. The van der Waals surface area contributed by atoms with E-state index in [-0.39, 0.29) is 5.91 Å². The number of likely N-dealkylation sites (tertiary alicyclic amines) is 1. The topological polar surface area (TPSA) is 32.7 Å². The van der Waals surface area contributed by atoms with Crippen LogP contribution in [0.2, 0.25) is 0 Å². The molecule has 0 aromatic heterocycles. The predicted molar refractivity (Wildman–Crippen MR) is 89.2 cm³/mol. The summed E-state index contributed by atoms with van der Waals surface area (Å²) in [6.45, 7) is 5.29. The maximum atomic E-state index is 12.1. The molecule has 2 heterocycles. The summed E-state index contributed by atoms with van der Waals surface area (Å²) in [5.41, 5.74) is 2.28. The average Bonchev–Trinajstić information content (AvgIpc) is 2.83. The van der Waals surface area contributed by atoms with Crippen LogP contribution in [0, 0.1) is 6.92 Å². The van der Waals surface area contributed by atoms with Gasteiger partial charge in [-0.15, -0.1) is 0 Å². The molecule has 3 rings (SSSR count). The van der Waals surface area contributed by atoms with Crippen molar-refractivity contribution in [2.24, 2.45) is 4.99 Å². The number of carbonyl (C=O) groups is 1. The highest BCUT2D eigenvalue weighted by Crippen LogP contribution is 2.32. The second-order valence-electron chi connectivity index (χ2n) is 5.76. The third-order valence-electron chi connectivity index (χ3n) is 4.03. The number of rotatable bonds is 1. The molecule has 0 unspecified atom stereocenters. The predicted octanol–water partition coefficient (Wildman–Crippen LogP) is 3.84. The number of hydrogen-bond donors (Lipinski definition) is 0. The lowest BCUT2D eigenvalue weighted by Gasteiger charge is -2.34. The van der Waals surface area contributed by atoms with Gasteiger partial charge in [-0.05, 0) is 56.5 Å². The Kier molecular flexibility index (Phi) is 4.15. The molecule has 0 radical (unpaired) electrons. The fourth-order valence-electron chi connectivity index (χ4n) is 2.72. The number of hydrogen-bond acceptors (Lipinski definition) is 3. The smallest absolute Gasteiger partial charge is 0.286 e. The van der Waals surface area contributed by atoms with Gasteiger partial charge < -0.3 is 4.90 Å². The molecule has 0 N–H and O–H groups in total. The molecule has 4 heteroatoms. The largest absolute Gasteiger partial charge is 0.348 e. The normalized spacial score (nSPS) is 24.6. The van der Waals surface area contributed by atoms with Crippen LogP contribution in [0.3, 0.4) is 0 Å². The van der Waals surface area contributed by atoms with Crippen molar-refractivity contribution in [1.82, 2.24) is 4.90 Å². The number of amides is 1. The number of piperidine rings is 1. The highest BCUT2D eigenvalue weighted by molar-refractivity contribution is 8.18. The van der Waals surface area contributed by atoms with E-state index in [4.69, 9.17) is 0 Å². The maximum absolute atomic E-state index is 12.1. The van der Waals surface area contributed by atoms with Gasteiger partial charge in [0.2, 0.25) is 0 Å². The second-order valence-corrected chi connectivity index (χ2v) is 6.77. The summed E-state index contributed by atoms with van der Waals surface area (Å²) >= 11 is 1.52. The van der Waals surface area contributed by atoms with Gasteiger partial charge in [-0.1, -0.05) is 29.8 Å². The summed E-state index contributed by atoms with van der Waals surface area (Å²) in [6, 6.07) is 8.68. The second kappa shape index (κ2) is 6.06. The van der Waals surface area contributed by atoms with E-state index in [2.05, 4.69) is 35.9 Å². The summed E-state index contributed by atoms with van der Waals surface area (Å²) in [7, 11) is 0. The minimum absolute atomic E-state index is 0.103. The van der Waals surface area contributed by atoms with E-state index in [0.717, 1.165) is 22.2 Å². The molecule has 3 nitrogen and oxygen atoms in total. The van der Waals surface area contributed by atoms with Crippen molar-refractivity contribution in [3.8, 4) is 0 Å². The van der Waals surface area contributed by atoms with Gasteiger partial charge in [0.05, 0.1) is 4.91 Å². The summed E-state index contributed by atoms with van der Waals surface area (Å²) < 4.78 is 0. The Morgan fingerprint density at radius 1 is 1.29 bits per heavy atom. The van der Waals surface area contributed by atoms with E-state index in [1.807, 2.05) is 18.2 Å². The third-order valence-corrected chi connectivity index (χ3v) is 5.05. The third kappa shape index (κ3) is 3.21. The number of aliphatic imine (C=N–C) groups is 1. The van der Waals surface area contributed by atoms with Crippen LogP contribution in [0.4, 0.5) is 0 Å². The standard InChI is InChI=1S/C17H20N2OS/c1-12-6-8-14(9-7-12)11-15-16(20)18-17(21-15)19-10-4-3-5-13(19)2/h6-9,11,13H,3-5,10H2,1-2H3/b15-11-/t13-/m1/s1. The molecule has 1 aromatic carbocycles. The molecule has 0 aliphatic carbocycles. The maximum Gasteiger partial charge on any atom is 0.286 e. The Morgan fingerprint density at radius 2 is 2.05 bits per heavy atom. The highest BCUT2D eigenvalue weighted by atomic mass is 32.2. The fraction of sp³-hybridized carbons (Fsp3) is 0.412. The molecule has 0 bridgehead atoms. The van der Waals surface area contributed by atoms with Crippen molar-refractivity contribution < 1.29 is 4.79 Å². The van der Waals surface area contributed by atoms with Gasteiger partial charge in [0, 0.05) is 12.6 Å².